The molecule has 0 aliphatic rings. The zero-order valence-corrected chi connectivity index (χ0v) is 11.1. The lowest BCUT2D eigenvalue weighted by Crippen LogP contribution is -2.28. The number of hydrogen-bond donors (Lipinski definition) is 2. The number of phenolic OH excluding ortho intramolecular Hbond substituents is 1. The molecule has 0 radical (unpaired) electrons. The van der Waals surface area contributed by atoms with Gasteiger partial charge in [0.15, 0.2) is 0 Å². The topological polar surface area (TPSA) is 83.5 Å². The van der Waals surface area contributed by atoms with Crippen molar-refractivity contribution in [1.82, 2.24) is 4.72 Å². The lowest BCUT2D eigenvalue weighted by molar-refractivity contribution is 0.473. The van der Waals surface area contributed by atoms with E-state index in [-0.39, 0.29) is 22.9 Å². The zero-order valence-electron chi connectivity index (χ0n) is 9.42. The van der Waals surface area contributed by atoms with Crippen molar-refractivity contribution in [2.75, 3.05) is 18.1 Å². The molecule has 96 valence electrons. The van der Waals surface area contributed by atoms with E-state index in [1.54, 1.807) is 6.92 Å². The lowest BCUT2D eigenvalue weighted by Gasteiger charge is -2.06. The van der Waals surface area contributed by atoms with E-state index in [2.05, 4.69) is 4.72 Å². The molecule has 0 amide bonds. The summed E-state index contributed by atoms with van der Waals surface area (Å²) in [6.07, 6.45) is 0. The summed E-state index contributed by atoms with van der Waals surface area (Å²) >= 11 is 0. The van der Waals surface area contributed by atoms with Gasteiger partial charge in [-0.2, -0.15) is 0 Å². The molecule has 0 spiro atoms. The molecule has 0 aliphatic heterocycles. The monoisotopic (exact) mass is 277 g/mol. The predicted octanol–water partition coefficient (Wildman–Crippen LogP) is 0.439. The molecule has 5 nitrogen and oxygen atoms in total. The van der Waals surface area contributed by atoms with Crippen LogP contribution in [0.25, 0.3) is 0 Å². The Morgan fingerprint density at radius 3 is 2.71 bits per heavy atom. The molecule has 7 heteroatoms. The molecule has 0 bridgehead atoms. The van der Waals surface area contributed by atoms with E-state index in [9.17, 15) is 17.7 Å². The third kappa shape index (κ3) is 4.45. The van der Waals surface area contributed by atoms with Crippen LogP contribution in [0.15, 0.2) is 29.2 Å². The molecule has 1 rings (SSSR count). The number of nitrogens with one attached hydrogen (secondary N) is 1. The van der Waals surface area contributed by atoms with Gasteiger partial charge in [0.25, 0.3) is 0 Å². The fraction of sp³-hybridized carbons (Fsp3) is 0.400. The summed E-state index contributed by atoms with van der Waals surface area (Å²) in [5.74, 6) is 0.688. The maximum atomic E-state index is 11.7. The van der Waals surface area contributed by atoms with Gasteiger partial charge in [0, 0.05) is 28.9 Å². The number of phenols is 1. The van der Waals surface area contributed by atoms with Gasteiger partial charge in [-0.05, 0) is 18.2 Å². The third-order valence-electron chi connectivity index (χ3n) is 2.07. The van der Waals surface area contributed by atoms with Gasteiger partial charge >= 0.3 is 0 Å². The van der Waals surface area contributed by atoms with E-state index in [1.807, 2.05) is 0 Å². The largest absolute Gasteiger partial charge is 0.508 e. The molecule has 1 aromatic carbocycles. The molecule has 0 aliphatic carbocycles. The highest BCUT2D eigenvalue weighted by Gasteiger charge is 2.13. The van der Waals surface area contributed by atoms with Crippen LogP contribution in [0, 0.1) is 0 Å². The summed E-state index contributed by atoms with van der Waals surface area (Å²) in [6, 6.07) is 5.40. The van der Waals surface area contributed by atoms with Gasteiger partial charge in [0.1, 0.15) is 5.75 Å². The first-order valence-electron chi connectivity index (χ1n) is 5.09. The summed E-state index contributed by atoms with van der Waals surface area (Å²) in [4.78, 5) is -0.000203. The summed E-state index contributed by atoms with van der Waals surface area (Å²) < 4.78 is 36.9. The molecule has 17 heavy (non-hydrogen) atoms. The van der Waals surface area contributed by atoms with Gasteiger partial charge in [0.2, 0.25) is 10.0 Å². The van der Waals surface area contributed by atoms with Crippen LogP contribution in [0.1, 0.15) is 6.92 Å². The van der Waals surface area contributed by atoms with Crippen LogP contribution in [-0.2, 0) is 20.8 Å². The summed E-state index contributed by atoms with van der Waals surface area (Å²) in [6.45, 7) is 1.90. The molecule has 0 heterocycles. The van der Waals surface area contributed by atoms with Crippen molar-refractivity contribution in [2.24, 2.45) is 0 Å². The first-order chi connectivity index (χ1) is 7.95. The Kier molecular flexibility index (Phi) is 5.10. The van der Waals surface area contributed by atoms with Crippen molar-refractivity contribution in [3.05, 3.63) is 24.3 Å². The van der Waals surface area contributed by atoms with Gasteiger partial charge in [-0.25, -0.2) is 13.1 Å². The van der Waals surface area contributed by atoms with E-state index in [4.69, 9.17) is 0 Å². The van der Waals surface area contributed by atoms with Crippen molar-refractivity contribution in [3.8, 4) is 5.75 Å². The Morgan fingerprint density at radius 2 is 2.12 bits per heavy atom. The Balaban J connectivity index is 2.66. The van der Waals surface area contributed by atoms with Crippen molar-refractivity contribution in [1.29, 1.82) is 0 Å². The first kappa shape index (κ1) is 14.1. The van der Waals surface area contributed by atoms with Gasteiger partial charge in [-0.3, -0.25) is 4.21 Å². The normalized spacial score (nSPS) is 13.5. The average Bonchev–Trinajstić information content (AvgIpc) is 2.28. The van der Waals surface area contributed by atoms with Crippen LogP contribution in [0.4, 0.5) is 0 Å². The molecule has 0 aromatic heterocycles. The second-order valence-corrected chi connectivity index (χ2v) is 6.96. The van der Waals surface area contributed by atoms with Crippen LogP contribution in [0.3, 0.4) is 0 Å². The van der Waals surface area contributed by atoms with Crippen LogP contribution < -0.4 is 4.72 Å². The standard InChI is InChI=1S/C10H15NO4S2/c1-2-16(13)7-6-11-17(14,15)10-5-3-4-9(12)8-10/h3-5,8,11-12H,2,6-7H2,1H3. The summed E-state index contributed by atoms with van der Waals surface area (Å²) in [5.41, 5.74) is 0. The molecule has 2 N–H and O–H groups in total. The SMILES string of the molecule is CCS(=O)CCNS(=O)(=O)c1cccc(O)c1. The molecule has 1 atom stereocenters. The lowest BCUT2D eigenvalue weighted by atomic mass is 10.3. The van der Waals surface area contributed by atoms with Gasteiger partial charge < -0.3 is 5.11 Å². The number of aromatic hydroxyl groups is 1. The Hall–Kier alpha value is -0.920. The smallest absolute Gasteiger partial charge is 0.240 e. The van der Waals surface area contributed by atoms with E-state index >= 15 is 0 Å². The summed E-state index contributed by atoms with van der Waals surface area (Å²) in [7, 11) is -4.63. The second-order valence-electron chi connectivity index (χ2n) is 3.33. The van der Waals surface area contributed by atoms with E-state index in [0.717, 1.165) is 0 Å². The molecule has 0 saturated carbocycles. The minimum atomic E-state index is -3.63. The third-order valence-corrected chi connectivity index (χ3v) is 4.83. The zero-order chi connectivity index (χ0) is 12.9. The molecular formula is C10H15NO4S2. The molecule has 0 saturated heterocycles. The highest BCUT2D eigenvalue weighted by molar-refractivity contribution is 7.89. The quantitative estimate of drug-likeness (QED) is 0.790. The average molecular weight is 277 g/mol. The van der Waals surface area contributed by atoms with Crippen molar-refractivity contribution >= 4 is 20.8 Å². The van der Waals surface area contributed by atoms with Crippen LogP contribution in [0.5, 0.6) is 5.75 Å². The Bertz CT molecular complexity index is 499. The molecule has 1 aromatic rings. The fourth-order valence-corrected chi connectivity index (χ4v) is 2.99. The predicted molar refractivity (Wildman–Crippen MR) is 66.8 cm³/mol. The molecular weight excluding hydrogens is 262 g/mol. The van der Waals surface area contributed by atoms with Crippen molar-refractivity contribution < 1.29 is 17.7 Å². The minimum absolute atomic E-state index is 0.000203. The molecule has 1 unspecified atom stereocenters. The second kappa shape index (κ2) is 6.13. The highest BCUT2D eigenvalue weighted by atomic mass is 32.2. The first-order valence-corrected chi connectivity index (χ1v) is 8.06. The van der Waals surface area contributed by atoms with E-state index in [0.29, 0.717) is 5.75 Å². The molecule has 0 fully saturated rings. The van der Waals surface area contributed by atoms with Crippen molar-refractivity contribution in [3.63, 3.8) is 0 Å². The Morgan fingerprint density at radius 1 is 1.41 bits per heavy atom. The van der Waals surface area contributed by atoms with Crippen molar-refractivity contribution in [2.45, 2.75) is 11.8 Å². The van der Waals surface area contributed by atoms with E-state index < -0.39 is 20.8 Å². The van der Waals surface area contributed by atoms with Crippen LogP contribution >= 0.6 is 0 Å². The van der Waals surface area contributed by atoms with Gasteiger partial charge in [-0.1, -0.05) is 13.0 Å². The minimum Gasteiger partial charge on any atom is -0.508 e. The highest BCUT2D eigenvalue weighted by Crippen LogP contribution is 2.15. The van der Waals surface area contributed by atoms with Gasteiger partial charge in [0.05, 0.1) is 4.90 Å². The number of benzene rings is 1. The maximum absolute atomic E-state index is 11.7. The number of rotatable bonds is 6. The number of sulfonamides is 1. The van der Waals surface area contributed by atoms with E-state index in [1.165, 1.54) is 24.3 Å². The fourth-order valence-electron chi connectivity index (χ4n) is 1.17. The van der Waals surface area contributed by atoms with Gasteiger partial charge in [-0.15, -0.1) is 0 Å². The van der Waals surface area contributed by atoms with Crippen LogP contribution in [-0.4, -0.2) is 35.8 Å². The number of hydrogen-bond acceptors (Lipinski definition) is 4. The Labute approximate surface area is 103 Å². The maximum Gasteiger partial charge on any atom is 0.240 e. The summed E-state index contributed by atoms with van der Waals surface area (Å²) in [5, 5.41) is 9.19. The van der Waals surface area contributed by atoms with Crippen LogP contribution in [0.2, 0.25) is 0 Å².